The van der Waals surface area contributed by atoms with Crippen molar-refractivity contribution >= 4 is 0 Å². The number of rotatable bonds is 13. The summed E-state index contributed by atoms with van der Waals surface area (Å²) in [7, 11) is 1.73. The summed E-state index contributed by atoms with van der Waals surface area (Å²) in [6.45, 7) is 8.60. The monoisotopic (exact) mass is 487 g/mol. The van der Waals surface area contributed by atoms with Crippen molar-refractivity contribution in [3.8, 4) is 22.9 Å². The zero-order chi connectivity index (χ0) is 25.4. The first-order chi connectivity index (χ1) is 16.8. The van der Waals surface area contributed by atoms with Gasteiger partial charge in [-0.15, -0.1) is 0 Å². The van der Waals surface area contributed by atoms with Crippen LogP contribution in [0.2, 0.25) is 0 Å². The maximum absolute atomic E-state index is 14.4. The van der Waals surface area contributed by atoms with Crippen molar-refractivity contribution in [2.45, 2.75) is 39.8 Å². The van der Waals surface area contributed by atoms with Crippen molar-refractivity contribution in [2.75, 3.05) is 26.3 Å². The smallest absolute Gasteiger partial charge is 0.222 e. The Balaban J connectivity index is 1.92. The first-order valence-corrected chi connectivity index (χ1v) is 12.0. The second-order valence-electron chi connectivity index (χ2n) is 9.12. The van der Waals surface area contributed by atoms with Crippen LogP contribution in [0.4, 0.5) is 8.78 Å². The fourth-order valence-corrected chi connectivity index (χ4v) is 3.88. The number of halogens is 2. The number of benzene rings is 2. The number of hydrogen-bond donors (Lipinski definition) is 1. The third-order valence-electron chi connectivity index (χ3n) is 5.39. The molecular formula is C27H35F2N3O3. The van der Waals surface area contributed by atoms with Gasteiger partial charge in [0.15, 0.2) is 11.6 Å². The van der Waals surface area contributed by atoms with Crippen LogP contribution in [-0.2, 0) is 18.3 Å². The molecule has 3 rings (SSSR count). The zero-order valence-corrected chi connectivity index (χ0v) is 20.9. The number of aliphatic hydroxyl groups is 1. The number of aromatic nitrogens is 2. The number of aliphatic hydroxyl groups excluding tert-OH is 1. The largest absolute Gasteiger partial charge is 0.436 e. The highest BCUT2D eigenvalue weighted by molar-refractivity contribution is 5.65. The molecule has 0 saturated heterocycles. The predicted octanol–water partition coefficient (Wildman–Crippen LogP) is 5.40. The Hall–Kier alpha value is -2.81. The first-order valence-electron chi connectivity index (χ1n) is 12.0. The summed E-state index contributed by atoms with van der Waals surface area (Å²) in [6, 6.07) is 12.9. The van der Waals surface area contributed by atoms with Gasteiger partial charge in [0.2, 0.25) is 5.88 Å². The van der Waals surface area contributed by atoms with Crippen LogP contribution in [0.25, 0.3) is 11.3 Å². The molecule has 3 aromatic rings. The van der Waals surface area contributed by atoms with Gasteiger partial charge in [0.05, 0.1) is 18.3 Å². The minimum Gasteiger partial charge on any atom is -0.436 e. The molecule has 0 spiro atoms. The summed E-state index contributed by atoms with van der Waals surface area (Å²) in [6.07, 6.45) is 0.222. The van der Waals surface area contributed by atoms with Crippen LogP contribution in [0, 0.1) is 17.6 Å². The minimum atomic E-state index is -0.790. The molecular weight excluding hydrogens is 452 g/mol. The summed E-state index contributed by atoms with van der Waals surface area (Å²) in [5.74, 6) is -0.792. The molecule has 190 valence electrons. The normalized spacial score (nSPS) is 12.5. The Morgan fingerprint density at radius 3 is 2.49 bits per heavy atom. The Morgan fingerprint density at radius 1 is 1.09 bits per heavy atom. The van der Waals surface area contributed by atoms with Gasteiger partial charge in [0, 0.05) is 38.4 Å². The Morgan fingerprint density at radius 2 is 1.83 bits per heavy atom. The van der Waals surface area contributed by atoms with E-state index in [0.29, 0.717) is 37.2 Å². The molecule has 1 atom stereocenters. The van der Waals surface area contributed by atoms with Gasteiger partial charge in [-0.2, -0.15) is 5.10 Å². The van der Waals surface area contributed by atoms with Gasteiger partial charge in [-0.05, 0) is 31.0 Å². The molecule has 0 bridgehead atoms. The molecule has 35 heavy (non-hydrogen) atoms. The van der Waals surface area contributed by atoms with Crippen molar-refractivity contribution in [3.05, 3.63) is 65.7 Å². The van der Waals surface area contributed by atoms with Crippen molar-refractivity contribution < 1.29 is 23.4 Å². The third-order valence-corrected chi connectivity index (χ3v) is 5.39. The van der Waals surface area contributed by atoms with E-state index in [1.54, 1.807) is 11.7 Å². The van der Waals surface area contributed by atoms with Crippen LogP contribution in [-0.4, -0.2) is 52.2 Å². The van der Waals surface area contributed by atoms with E-state index in [1.165, 1.54) is 6.07 Å². The average molecular weight is 488 g/mol. The van der Waals surface area contributed by atoms with E-state index < -0.39 is 17.7 Å². The van der Waals surface area contributed by atoms with Crippen LogP contribution in [0.15, 0.2) is 48.5 Å². The molecule has 6 nitrogen and oxygen atoms in total. The quantitative estimate of drug-likeness (QED) is 0.350. The molecule has 0 saturated carbocycles. The molecule has 1 N–H and O–H groups in total. The van der Waals surface area contributed by atoms with E-state index in [0.717, 1.165) is 36.2 Å². The lowest BCUT2D eigenvalue weighted by Crippen LogP contribution is -2.35. The number of aryl methyl sites for hydroxylation is 1. The van der Waals surface area contributed by atoms with E-state index in [4.69, 9.17) is 9.47 Å². The van der Waals surface area contributed by atoms with E-state index in [9.17, 15) is 13.9 Å². The lowest BCUT2D eigenvalue weighted by Gasteiger charge is -2.25. The summed E-state index contributed by atoms with van der Waals surface area (Å²) in [5, 5.41) is 15.3. The van der Waals surface area contributed by atoms with Crippen molar-refractivity contribution in [3.63, 3.8) is 0 Å². The van der Waals surface area contributed by atoms with Crippen LogP contribution in [0.1, 0.15) is 32.8 Å². The Kier molecular flexibility index (Phi) is 9.77. The molecule has 8 heteroatoms. The molecule has 0 aliphatic carbocycles. The van der Waals surface area contributed by atoms with Crippen LogP contribution in [0.3, 0.4) is 0 Å². The molecule has 0 fully saturated rings. The van der Waals surface area contributed by atoms with Gasteiger partial charge in [-0.25, -0.2) is 13.5 Å². The highest BCUT2D eigenvalue weighted by atomic mass is 19.1. The maximum atomic E-state index is 14.4. The van der Waals surface area contributed by atoms with Gasteiger partial charge >= 0.3 is 0 Å². The summed E-state index contributed by atoms with van der Waals surface area (Å²) in [4.78, 5) is 2.11. The lowest BCUT2D eigenvalue weighted by molar-refractivity contribution is 0.00685. The van der Waals surface area contributed by atoms with Crippen LogP contribution < -0.4 is 4.74 Å². The molecule has 0 unspecified atom stereocenters. The lowest BCUT2D eigenvalue weighted by atomic mass is 10.1. The van der Waals surface area contributed by atoms with Crippen LogP contribution in [0.5, 0.6) is 11.6 Å². The van der Waals surface area contributed by atoms with E-state index in [1.807, 2.05) is 30.3 Å². The van der Waals surface area contributed by atoms with Gasteiger partial charge in [0.25, 0.3) is 0 Å². The zero-order valence-electron chi connectivity index (χ0n) is 20.9. The predicted molar refractivity (Wildman–Crippen MR) is 132 cm³/mol. The van der Waals surface area contributed by atoms with Gasteiger partial charge in [-0.1, -0.05) is 51.1 Å². The fourth-order valence-electron chi connectivity index (χ4n) is 3.88. The summed E-state index contributed by atoms with van der Waals surface area (Å²) < 4.78 is 41.0. The van der Waals surface area contributed by atoms with E-state index in [2.05, 4.69) is 30.8 Å². The minimum absolute atomic E-state index is 0.0839. The standard InChI is InChI=1S/C27H35F2N3O3/c1-5-13-32(15-22(33)18-34-17-19(2)3)16-23-26(20-9-7-6-8-10-20)30-31(4)27(23)35-25-12-11-21(28)14-24(25)29/h6-12,14,19,22,33H,5,13,15-18H2,1-4H3/t22-/m0/s1. The van der Waals surface area contributed by atoms with Gasteiger partial charge in [-0.3, -0.25) is 4.90 Å². The van der Waals surface area contributed by atoms with Gasteiger partial charge < -0.3 is 14.6 Å². The topological polar surface area (TPSA) is 59.8 Å². The average Bonchev–Trinajstić information content (AvgIpc) is 3.11. The second-order valence-corrected chi connectivity index (χ2v) is 9.12. The second kappa shape index (κ2) is 12.8. The maximum Gasteiger partial charge on any atom is 0.222 e. The summed E-state index contributed by atoms with van der Waals surface area (Å²) in [5.41, 5.74) is 2.35. The molecule has 2 aromatic carbocycles. The van der Waals surface area contributed by atoms with Crippen LogP contribution >= 0.6 is 0 Å². The molecule has 1 aromatic heterocycles. The molecule has 0 radical (unpaired) electrons. The highest BCUT2D eigenvalue weighted by Crippen LogP contribution is 2.35. The Bertz CT molecular complexity index is 1070. The highest BCUT2D eigenvalue weighted by Gasteiger charge is 2.24. The molecule has 0 aliphatic heterocycles. The van der Waals surface area contributed by atoms with Crippen molar-refractivity contribution in [1.29, 1.82) is 0 Å². The SMILES string of the molecule is CCCN(Cc1c(-c2ccccc2)nn(C)c1Oc1ccc(F)cc1F)C[C@H](O)COCC(C)C. The van der Waals surface area contributed by atoms with E-state index in [-0.39, 0.29) is 12.4 Å². The fraction of sp³-hybridized carbons (Fsp3) is 0.444. The third kappa shape index (κ3) is 7.59. The molecule has 0 aliphatic rings. The van der Waals surface area contributed by atoms with E-state index >= 15 is 0 Å². The Labute approximate surface area is 206 Å². The van der Waals surface area contributed by atoms with Gasteiger partial charge in [0.1, 0.15) is 11.5 Å². The number of hydrogen-bond acceptors (Lipinski definition) is 5. The number of nitrogens with zero attached hydrogens (tertiary/aromatic N) is 3. The molecule has 0 amide bonds. The molecule has 1 heterocycles. The number of ether oxygens (including phenoxy) is 2. The van der Waals surface area contributed by atoms with Crippen molar-refractivity contribution in [2.24, 2.45) is 13.0 Å². The first kappa shape index (κ1) is 26.8. The summed E-state index contributed by atoms with van der Waals surface area (Å²) >= 11 is 0. The van der Waals surface area contributed by atoms with Crippen molar-refractivity contribution in [1.82, 2.24) is 14.7 Å².